The number of nitrogens with zero attached hydrogens (tertiary/aromatic N) is 1. The van der Waals surface area contributed by atoms with Crippen LogP contribution >= 0.6 is 15.9 Å². The third-order valence-corrected chi connectivity index (χ3v) is 2.99. The van der Waals surface area contributed by atoms with Crippen molar-refractivity contribution in [2.75, 3.05) is 0 Å². The van der Waals surface area contributed by atoms with E-state index in [-0.39, 0.29) is 17.9 Å². The zero-order valence-electron chi connectivity index (χ0n) is 8.97. The lowest BCUT2D eigenvalue weighted by atomic mass is 10.1. The van der Waals surface area contributed by atoms with Gasteiger partial charge in [-0.25, -0.2) is 0 Å². The van der Waals surface area contributed by atoms with Crippen molar-refractivity contribution >= 4 is 21.7 Å². The molecule has 0 fully saturated rings. The van der Waals surface area contributed by atoms with E-state index in [0.29, 0.717) is 10.0 Å². The summed E-state index contributed by atoms with van der Waals surface area (Å²) in [6, 6.07) is 12.3. The lowest BCUT2D eigenvalue weighted by Crippen LogP contribution is -2.23. The second kappa shape index (κ2) is 5.10. The molecule has 0 saturated heterocycles. The number of hydrogen-bond donors (Lipinski definition) is 0. The van der Waals surface area contributed by atoms with E-state index in [4.69, 9.17) is 0 Å². The zero-order chi connectivity index (χ0) is 12.3. The highest BCUT2D eigenvalue weighted by Gasteiger charge is 2.07. The minimum absolute atomic E-state index is 0.0578. The monoisotopic (exact) mass is 291 g/mol. The van der Waals surface area contributed by atoms with E-state index >= 15 is 0 Å². The van der Waals surface area contributed by atoms with E-state index in [0.717, 1.165) is 0 Å². The van der Waals surface area contributed by atoms with Gasteiger partial charge in [-0.1, -0.05) is 30.3 Å². The summed E-state index contributed by atoms with van der Waals surface area (Å²) in [5, 5.41) is 0. The summed E-state index contributed by atoms with van der Waals surface area (Å²) >= 11 is 3.15. The Morgan fingerprint density at radius 2 is 1.82 bits per heavy atom. The van der Waals surface area contributed by atoms with E-state index in [2.05, 4.69) is 15.9 Å². The van der Waals surface area contributed by atoms with Crippen molar-refractivity contribution in [1.29, 1.82) is 0 Å². The Balaban J connectivity index is 2.25. The summed E-state index contributed by atoms with van der Waals surface area (Å²) in [5.41, 5.74) is 0.413. The van der Waals surface area contributed by atoms with Crippen LogP contribution in [0.1, 0.15) is 10.4 Å². The molecule has 0 amide bonds. The van der Waals surface area contributed by atoms with Crippen LogP contribution in [0.25, 0.3) is 0 Å². The Labute approximate surface area is 107 Å². The quantitative estimate of drug-likeness (QED) is 0.815. The van der Waals surface area contributed by atoms with E-state index < -0.39 is 0 Å². The van der Waals surface area contributed by atoms with Crippen LogP contribution in [0.5, 0.6) is 0 Å². The molecular weight excluding hydrogens is 282 g/mol. The van der Waals surface area contributed by atoms with Gasteiger partial charge in [-0.05, 0) is 28.1 Å². The predicted molar refractivity (Wildman–Crippen MR) is 69.2 cm³/mol. The Bertz CT molecular complexity index is 590. The van der Waals surface area contributed by atoms with Gasteiger partial charge in [0.15, 0.2) is 5.78 Å². The molecule has 0 aliphatic carbocycles. The number of ketones is 1. The van der Waals surface area contributed by atoms with Crippen LogP contribution in [-0.2, 0) is 6.54 Å². The van der Waals surface area contributed by atoms with E-state index in [1.54, 1.807) is 42.6 Å². The lowest BCUT2D eigenvalue weighted by molar-refractivity contribution is 0.0971. The second-order valence-corrected chi connectivity index (χ2v) is 4.43. The van der Waals surface area contributed by atoms with Crippen LogP contribution < -0.4 is 5.56 Å². The molecule has 0 aliphatic rings. The average molecular weight is 292 g/mol. The first-order valence-electron chi connectivity index (χ1n) is 5.11. The van der Waals surface area contributed by atoms with Gasteiger partial charge in [0.25, 0.3) is 5.56 Å². The summed E-state index contributed by atoms with van der Waals surface area (Å²) < 4.78 is 1.85. The number of rotatable bonds is 3. The predicted octanol–water partition coefficient (Wildman–Crippen LogP) is 2.49. The maximum absolute atomic E-state index is 11.9. The number of carbonyl (C=O) groups excluding carboxylic acids is 1. The molecule has 2 aromatic rings. The van der Waals surface area contributed by atoms with Gasteiger partial charge in [0.1, 0.15) is 0 Å². The van der Waals surface area contributed by atoms with E-state index in [1.165, 1.54) is 4.57 Å². The van der Waals surface area contributed by atoms with Crippen LogP contribution in [0.2, 0.25) is 0 Å². The maximum Gasteiger partial charge on any atom is 0.265 e. The van der Waals surface area contributed by atoms with E-state index in [9.17, 15) is 9.59 Å². The highest BCUT2D eigenvalue weighted by atomic mass is 79.9. The fourth-order valence-electron chi connectivity index (χ4n) is 1.50. The SMILES string of the molecule is O=C(Cn1cccc(Br)c1=O)c1ccccc1. The highest BCUT2D eigenvalue weighted by molar-refractivity contribution is 9.10. The largest absolute Gasteiger partial charge is 0.307 e. The maximum atomic E-state index is 11.9. The first-order chi connectivity index (χ1) is 8.18. The summed E-state index contributed by atoms with van der Waals surface area (Å²) in [6.45, 7) is 0.0578. The summed E-state index contributed by atoms with van der Waals surface area (Å²) in [5.74, 6) is -0.0780. The second-order valence-electron chi connectivity index (χ2n) is 3.58. The normalized spacial score (nSPS) is 10.2. The third kappa shape index (κ3) is 2.71. The number of hydrogen-bond acceptors (Lipinski definition) is 2. The molecule has 0 N–H and O–H groups in total. The van der Waals surface area contributed by atoms with Gasteiger partial charge in [0.05, 0.1) is 11.0 Å². The summed E-state index contributed by atoms with van der Waals surface area (Å²) in [6.07, 6.45) is 1.61. The van der Waals surface area contributed by atoms with Crippen LogP contribution in [-0.4, -0.2) is 10.4 Å². The van der Waals surface area contributed by atoms with Crippen LogP contribution in [0.15, 0.2) is 57.9 Å². The molecular formula is C13H10BrNO2. The van der Waals surface area contributed by atoms with Crippen LogP contribution in [0, 0.1) is 0 Å². The fraction of sp³-hybridized carbons (Fsp3) is 0.0769. The van der Waals surface area contributed by atoms with Gasteiger partial charge in [0.2, 0.25) is 0 Å². The molecule has 0 aliphatic heterocycles. The van der Waals surface area contributed by atoms with Crippen molar-refractivity contribution in [2.24, 2.45) is 0 Å². The fourth-order valence-corrected chi connectivity index (χ4v) is 1.88. The van der Waals surface area contributed by atoms with Crippen molar-refractivity contribution in [3.05, 3.63) is 69.1 Å². The number of halogens is 1. The molecule has 4 heteroatoms. The standard InChI is InChI=1S/C13H10BrNO2/c14-11-7-4-8-15(13(11)17)9-12(16)10-5-2-1-3-6-10/h1-8H,9H2. The molecule has 3 nitrogen and oxygen atoms in total. The molecule has 17 heavy (non-hydrogen) atoms. The lowest BCUT2D eigenvalue weighted by Gasteiger charge is -2.05. The number of benzene rings is 1. The van der Waals surface area contributed by atoms with E-state index in [1.807, 2.05) is 6.07 Å². The van der Waals surface area contributed by atoms with Crippen LogP contribution in [0.3, 0.4) is 0 Å². The van der Waals surface area contributed by atoms with Crippen molar-refractivity contribution < 1.29 is 4.79 Å². The summed E-state index contributed by atoms with van der Waals surface area (Å²) in [7, 11) is 0. The van der Waals surface area contributed by atoms with Crippen LogP contribution in [0.4, 0.5) is 0 Å². The van der Waals surface area contributed by atoms with Crippen molar-refractivity contribution in [3.8, 4) is 0 Å². The Kier molecular flexibility index (Phi) is 3.54. The third-order valence-electron chi connectivity index (χ3n) is 2.38. The summed E-state index contributed by atoms with van der Waals surface area (Å²) in [4.78, 5) is 23.6. The topological polar surface area (TPSA) is 39.1 Å². The van der Waals surface area contributed by atoms with Crippen molar-refractivity contribution in [3.63, 3.8) is 0 Å². The van der Waals surface area contributed by atoms with Crippen molar-refractivity contribution in [2.45, 2.75) is 6.54 Å². The molecule has 0 radical (unpaired) electrons. The molecule has 86 valence electrons. The number of carbonyl (C=O) groups is 1. The van der Waals surface area contributed by atoms with Gasteiger partial charge in [-0.2, -0.15) is 0 Å². The molecule has 0 atom stereocenters. The average Bonchev–Trinajstić information content (AvgIpc) is 2.36. The molecule has 0 bridgehead atoms. The Morgan fingerprint density at radius 3 is 2.53 bits per heavy atom. The minimum atomic E-state index is -0.197. The molecule has 0 spiro atoms. The Morgan fingerprint density at radius 1 is 1.12 bits per heavy atom. The molecule has 1 aromatic carbocycles. The first kappa shape index (κ1) is 11.8. The number of aromatic nitrogens is 1. The Hall–Kier alpha value is -1.68. The molecule has 2 rings (SSSR count). The number of pyridine rings is 1. The molecule has 1 heterocycles. The molecule has 0 saturated carbocycles. The molecule has 1 aromatic heterocycles. The van der Waals surface area contributed by atoms with Gasteiger partial charge in [0, 0.05) is 11.8 Å². The van der Waals surface area contributed by atoms with Gasteiger partial charge >= 0.3 is 0 Å². The van der Waals surface area contributed by atoms with Gasteiger partial charge < -0.3 is 4.57 Å². The zero-order valence-corrected chi connectivity index (χ0v) is 10.6. The van der Waals surface area contributed by atoms with Gasteiger partial charge in [-0.15, -0.1) is 0 Å². The molecule has 0 unspecified atom stereocenters. The number of Topliss-reactive ketones (excluding diaryl/α,β-unsaturated/α-hetero) is 1. The smallest absolute Gasteiger partial charge is 0.265 e. The van der Waals surface area contributed by atoms with Crippen molar-refractivity contribution in [1.82, 2.24) is 4.57 Å². The highest BCUT2D eigenvalue weighted by Crippen LogP contribution is 2.04. The first-order valence-corrected chi connectivity index (χ1v) is 5.91. The minimum Gasteiger partial charge on any atom is -0.307 e. The van der Waals surface area contributed by atoms with Gasteiger partial charge in [-0.3, -0.25) is 9.59 Å².